The van der Waals surface area contributed by atoms with Gasteiger partial charge in [0.1, 0.15) is 35.2 Å². The van der Waals surface area contributed by atoms with Gasteiger partial charge in [0.25, 0.3) is 5.91 Å². The van der Waals surface area contributed by atoms with Crippen molar-refractivity contribution in [2.24, 2.45) is 0 Å². The zero-order chi connectivity index (χ0) is 20.8. The van der Waals surface area contributed by atoms with Gasteiger partial charge in [-0.05, 0) is 40.2 Å². The van der Waals surface area contributed by atoms with E-state index in [1.165, 1.54) is 0 Å². The van der Waals surface area contributed by atoms with Gasteiger partial charge in [-0.25, -0.2) is 9.59 Å². The lowest BCUT2D eigenvalue weighted by molar-refractivity contribution is -0.907. The number of thiophene rings is 1. The van der Waals surface area contributed by atoms with E-state index >= 15 is 0 Å². The molecule has 1 saturated heterocycles. The van der Waals surface area contributed by atoms with E-state index in [0.717, 1.165) is 29.3 Å². The predicted octanol–water partition coefficient (Wildman–Crippen LogP) is 1.04. The monoisotopic (exact) mass is 413 g/mol. The van der Waals surface area contributed by atoms with E-state index in [9.17, 15) is 14.4 Å². The molecule has 1 aromatic rings. The molecule has 28 heavy (non-hydrogen) atoms. The minimum atomic E-state index is -0.567. The Labute approximate surface area is 169 Å². The summed E-state index contributed by atoms with van der Waals surface area (Å²) in [6, 6.07) is 0. The van der Waals surface area contributed by atoms with Crippen molar-refractivity contribution in [3.8, 4) is 0 Å². The van der Waals surface area contributed by atoms with E-state index < -0.39 is 11.9 Å². The molecule has 1 aliphatic heterocycles. The molecule has 2 atom stereocenters. The third-order valence-electron chi connectivity index (χ3n) is 4.37. The third kappa shape index (κ3) is 5.52. The fraction of sp³-hybridized carbons (Fsp3) is 0.632. The molecular weight excluding hydrogens is 384 g/mol. The summed E-state index contributed by atoms with van der Waals surface area (Å²) >= 11 is 1.04. The van der Waals surface area contributed by atoms with Gasteiger partial charge in [-0.3, -0.25) is 4.79 Å². The van der Waals surface area contributed by atoms with Crippen LogP contribution in [0.5, 0.6) is 0 Å². The van der Waals surface area contributed by atoms with Crippen LogP contribution in [0.25, 0.3) is 0 Å². The van der Waals surface area contributed by atoms with Crippen LogP contribution < -0.4 is 10.2 Å². The zero-order valence-corrected chi connectivity index (χ0v) is 17.9. The maximum atomic E-state index is 12.6. The van der Waals surface area contributed by atoms with Crippen LogP contribution in [0.4, 0.5) is 5.00 Å². The fourth-order valence-corrected chi connectivity index (χ4v) is 4.48. The van der Waals surface area contributed by atoms with Gasteiger partial charge in [-0.2, -0.15) is 0 Å². The van der Waals surface area contributed by atoms with Crippen LogP contribution in [0.1, 0.15) is 53.3 Å². The highest BCUT2D eigenvalue weighted by molar-refractivity contribution is 7.18. The Hall–Kier alpha value is -1.97. The number of rotatable bonds is 7. The first-order valence-electron chi connectivity index (χ1n) is 9.53. The molecule has 0 aromatic carbocycles. The number of ether oxygens (including phenoxy) is 3. The van der Waals surface area contributed by atoms with Crippen molar-refractivity contribution in [3.63, 3.8) is 0 Å². The second kappa shape index (κ2) is 9.99. The maximum Gasteiger partial charge on any atom is 0.348 e. The molecule has 0 radical (unpaired) electrons. The molecule has 0 aliphatic carbocycles. The molecule has 2 rings (SSSR count). The second-order valence-electron chi connectivity index (χ2n) is 6.84. The standard InChI is InChI=1S/C19H28N2O6S/c1-6-25-18(23)15-13(5)16(19(24)26-7-2)28-17(15)20-14(22)10-21-8-11(3)27-12(4)9-21/h11-12H,6-10H2,1-5H3,(H,20,22)/p+1/t11-,12-/m1/s1. The van der Waals surface area contributed by atoms with Crippen LogP contribution in [-0.2, 0) is 19.0 Å². The number of amides is 1. The lowest BCUT2D eigenvalue weighted by Crippen LogP contribution is -3.16. The highest BCUT2D eigenvalue weighted by atomic mass is 32.1. The lowest BCUT2D eigenvalue weighted by Gasteiger charge is -2.31. The van der Waals surface area contributed by atoms with Gasteiger partial charge in [-0.15, -0.1) is 11.3 Å². The summed E-state index contributed by atoms with van der Waals surface area (Å²) in [7, 11) is 0. The molecule has 1 amide bonds. The summed E-state index contributed by atoms with van der Waals surface area (Å²) in [5, 5.41) is 3.11. The fourth-order valence-electron chi connectivity index (χ4n) is 3.37. The second-order valence-corrected chi connectivity index (χ2v) is 7.86. The highest BCUT2D eigenvalue weighted by Crippen LogP contribution is 2.34. The van der Waals surface area contributed by atoms with Crippen LogP contribution in [0.15, 0.2) is 0 Å². The van der Waals surface area contributed by atoms with Crippen molar-refractivity contribution in [2.45, 2.75) is 46.8 Å². The summed E-state index contributed by atoms with van der Waals surface area (Å²) < 4.78 is 15.9. The molecule has 0 saturated carbocycles. The van der Waals surface area contributed by atoms with Crippen molar-refractivity contribution >= 4 is 34.2 Å². The molecular formula is C19H29N2O6S+. The molecule has 8 nitrogen and oxygen atoms in total. The maximum absolute atomic E-state index is 12.6. The van der Waals surface area contributed by atoms with Crippen molar-refractivity contribution in [3.05, 3.63) is 16.0 Å². The molecule has 0 spiro atoms. The average molecular weight is 414 g/mol. The van der Waals surface area contributed by atoms with Crippen molar-refractivity contribution in [1.29, 1.82) is 0 Å². The summed E-state index contributed by atoms with van der Waals surface area (Å²) in [5.41, 5.74) is 0.667. The first-order chi connectivity index (χ1) is 13.3. The van der Waals surface area contributed by atoms with E-state index in [1.807, 2.05) is 13.8 Å². The third-order valence-corrected chi connectivity index (χ3v) is 5.55. The van der Waals surface area contributed by atoms with Crippen LogP contribution >= 0.6 is 11.3 Å². The summed E-state index contributed by atoms with van der Waals surface area (Å²) in [6.45, 7) is 11.2. The van der Waals surface area contributed by atoms with Crippen LogP contribution in [0, 0.1) is 6.92 Å². The van der Waals surface area contributed by atoms with Crippen molar-refractivity contribution in [1.82, 2.24) is 0 Å². The Kier molecular flexibility index (Phi) is 7.97. The van der Waals surface area contributed by atoms with Gasteiger partial charge in [-0.1, -0.05) is 0 Å². The van der Waals surface area contributed by atoms with E-state index in [-0.39, 0.29) is 43.4 Å². The van der Waals surface area contributed by atoms with Gasteiger partial charge >= 0.3 is 11.9 Å². The molecule has 2 N–H and O–H groups in total. The van der Waals surface area contributed by atoms with Crippen LogP contribution in [-0.4, -0.2) is 62.9 Å². The molecule has 0 bridgehead atoms. The minimum Gasteiger partial charge on any atom is -0.462 e. The Morgan fingerprint density at radius 3 is 2.25 bits per heavy atom. The predicted molar refractivity (Wildman–Crippen MR) is 105 cm³/mol. The van der Waals surface area contributed by atoms with Crippen molar-refractivity contribution < 1.29 is 33.5 Å². The number of quaternary nitrogens is 1. The summed E-state index contributed by atoms with van der Waals surface area (Å²) in [6.07, 6.45) is 0.169. The number of carbonyl (C=O) groups excluding carboxylic acids is 3. The van der Waals surface area contributed by atoms with Crippen LogP contribution in [0.2, 0.25) is 0 Å². The zero-order valence-electron chi connectivity index (χ0n) is 17.0. The number of anilines is 1. The van der Waals surface area contributed by atoms with Crippen LogP contribution in [0.3, 0.4) is 0 Å². The number of nitrogens with one attached hydrogen (secondary N) is 2. The molecule has 9 heteroatoms. The van der Waals surface area contributed by atoms with E-state index in [4.69, 9.17) is 14.2 Å². The number of esters is 2. The lowest BCUT2D eigenvalue weighted by atomic mass is 10.1. The molecule has 2 heterocycles. The minimum absolute atomic E-state index is 0.0843. The highest BCUT2D eigenvalue weighted by Gasteiger charge is 2.30. The summed E-state index contributed by atoms with van der Waals surface area (Å²) in [5.74, 6) is -1.31. The number of hydrogen-bond acceptors (Lipinski definition) is 7. The average Bonchev–Trinajstić information content (AvgIpc) is 2.90. The molecule has 156 valence electrons. The van der Waals surface area contributed by atoms with E-state index in [1.54, 1.807) is 20.8 Å². The first kappa shape index (κ1) is 22.3. The Bertz CT molecular complexity index is 722. The topological polar surface area (TPSA) is 95.4 Å². The number of carbonyl (C=O) groups is 3. The largest absolute Gasteiger partial charge is 0.462 e. The number of morpholine rings is 1. The number of hydrogen-bond donors (Lipinski definition) is 2. The SMILES string of the molecule is CCOC(=O)c1sc(NC(=O)C[NH+]2C[C@@H](C)O[C@H](C)C2)c(C(=O)OCC)c1C. The van der Waals surface area contributed by atoms with Gasteiger partial charge in [0, 0.05) is 0 Å². The smallest absolute Gasteiger partial charge is 0.348 e. The normalized spacial score (nSPS) is 21.8. The van der Waals surface area contributed by atoms with Gasteiger partial charge in [0.2, 0.25) is 0 Å². The van der Waals surface area contributed by atoms with E-state index in [0.29, 0.717) is 15.4 Å². The van der Waals surface area contributed by atoms with Crippen molar-refractivity contribution in [2.75, 3.05) is 38.2 Å². The Morgan fingerprint density at radius 1 is 1.11 bits per heavy atom. The molecule has 1 aromatic heterocycles. The van der Waals surface area contributed by atoms with Gasteiger partial charge in [0.05, 0.1) is 18.8 Å². The molecule has 0 unspecified atom stereocenters. The Balaban J connectivity index is 2.20. The van der Waals surface area contributed by atoms with E-state index in [2.05, 4.69) is 5.32 Å². The Morgan fingerprint density at radius 2 is 1.68 bits per heavy atom. The summed E-state index contributed by atoms with van der Waals surface area (Å²) in [4.78, 5) is 38.6. The van der Waals surface area contributed by atoms with Gasteiger partial charge < -0.3 is 24.4 Å². The quantitative estimate of drug-likeness (QED) is 0.649. The van der Waals surface area contributed by atoms with Gasteiger partial charge in [0.15, 0.2) is 6.54 Å². The molecule has 1 fully saturated rings. The first-order valence-corrected chi connectivity index (χ1v) is 10.3. The molecule has 1 aliphatic rings.